The van der Waals surface area contributed by atoms with Gasteiger partial charge in [-0.2, -0.15) is 0 Å². The van der Waals surface area contributed by atoms with Crippen molar-refractivity contribution in [3.63, 3.8) is 0 Å². The summed E-state index contributed by atoms with van der Waals surface area (Å²) in [6.07, 6.45) is 0. The van der Waals surface area contributed by atoms with Gasteiger partial charge in [0.2, 0.25) is 0 Å². The molecular formula is C71H62N4. The fourth-order valence-electron chi connectivity index (χ4n) is 11.7. The van der Waals surface area contributed by atoms with E-state index >= 15 is 0 Å². The Bertz CT molecular complexity index is 3560. The summed E-state index contributed by atoms with van der Waals surface area (Å²) in [7, 11) is 2.19. The summed E-state index contributed by atoms with van der Waals surface area (Å²) in [5, 5.41) is 0. The molecule has 0 fully saturated rings. The minimum Gasteiger partial charge on any atom is -0.345 e. The lowest BCUT2D eigenvalue weighted by Crippen LogP contribution is -2.27. The number of aryl methyl sites for hydroxylation is 6. The van der Waals surface area contributed by atoms with Gasteiger partial charge in [-0.05, 0) is 214 Å². The SMILES string of the molecule is C=C(C)N(c1ccc(C)cc1)c1ccc2c(c1)C1(c3cc(N(C)c4ccc(C)cc4)ccc3-2)c2cc(N(c3ccc(C)cc3)c3ccc(C)cc3)ccc2-c2ccc(N(c3ccc(C)cc3)c3ccc(C)cc3)cc21. The maximum absolute atomic E-state index is 4.60. The number of allylic oxidation sites excluding steroid dienone is 1. The molecule has 75 heavy (non-hydrogen) atoms. The molecule has 0 saturated heterocycles. The van der Waals surface area contributed by atoms with Crippen molar-refractivity contribution in [2.24, 2.45) is 0 Å². The van der Waals surface area contributed by atoms with Crippen molar-refractivity contribution in [1.82, 2.24) is 0 Å². The second kappa shape index (κ2) is 18.6. The summed E-state index contributed by atoms with van der Waals surface area (Å²) in [6, 6.07) is 82.2. The summed E-state index contributed by atoms with van der Waals surface area (Å²) in [5.41, 5.74) is 28.4. The van der Waals surface area contributed by atoms with E-state index in [4.69, 9.17) is 0 Å². The summed E-state index contributed by atoms with van der Waals surface area (Å²) < 4.78 is 0. The predicted molar refractivity (Wildman–Crippen MR) is 318 cm³/mol. The van der Waals surface area contributed by atoms with Gasteiger partial charge >= 0.3 is 0 Å². The van der Waals surface area contributed by atoms with Crippen molar-refractivity contribution in [3.05, 3.63) is 286 Å². The van der Waals surface area contributed by atoms with Crippen molar-refractivity contribution in [2.45, 2.75) is 53.9 Å². The Morgan fingerprint density at radius 3 is 0.853 bits per heavy atom. The van der Waals surface area contributed by atoms with Gasteiger partial charge in [0.25, 0.3) is 0 Å². The fourth-order valence-corrected chi connectivity index (χ4v) is 11.7. The van der Waals surface area contributed by atoms with E-state index in [0.717, 1.165) is 62.6 Å². The van der Waals surface area contributed by atoms with Crippen LogP contribution in [0.5, 0.6) is 0 Å². The molecule has 0 unspecified atom stereocenters. The Morgan fingerprint density at radius 1 is 0.293 bits per heavy atom. The number of benzene rings is 10. The molecule has 12 rings (SSSR count). The Kier molecular flexibility index (Phi) is 11.7. The van der Waals surface area contributed by atoms with Gasteiger partial charge in [-0.15, -0.1) is 0 Å². The van der Waals surface area contributed by atoms with Gasteiger partial charge in [0.05, 0.1) is 5.41 Å². The Labute approximate surface area is 443 Å². The molecule has 0 saturated carbocycles. The van der Waals surface area contributed by atoms with E-state index < -0.39 is 5.41 Å². The molecule has 1 spiro atoms. The minimum absolute atomic E-state index is 0.770. The lowest BCUT2D eigenvalue weighted by Gasteiger charge is -2.34. The quantitative estimate of drug-likeness (QED) is 0.128. The number of anilines is 10. The number of nitrogens with zero attached hydrogens (tertiary/aromatic N) is 4. The van der Waals surface area contributed by atoms with Crippen LogP contribution in [0, 0.1) is 41.5 Å². The lowest BCUT2D eigenvalue weighted by molar-refractivity contribution is 0.793. The molecule has 0 bridgehead atoms. The second-order valence-corrected chi connectivity index (χ2v) is 21.0. The molecule has 4 nitrogen and oxygen atoms in total. The molecule has 0 amide bonds. The first-order valence-corrected chi connectivity index (χ1v) is 26.1. The summed E-state index contributed by atoms with van der Waals surface area (Å²) in [4.78, 5) is 9.49. The van der Waals surface area contributed by atoms with E-state index in [1.807, 2.05) is 0 Å². The molecule has 10 aromatic rings. The smallest absolute Gasteiger partial charge is 0.0728 e. The maximum atomic E-state index is 4.60. The molecule has 366 valence electrons. The predicted octanol–water partition coefficient (Wildman–Crippen LogP) is 19.3. The third kappa shape index (κ3) is 8.09. The molecule has 4 heteroatoms. The average molecular weight is 971 g/mol. The van der Waals surface area contributed by atoms with Crippen molar-refractivity contribution < 1.29 is 0 Å². The van der Waals surface area contributed by atoms with E-state index in [1.54, 1.807) is 0 Å². The van der Waals surface area contributed by atoms with Gasteiger partial charge in [-0.1, -0.05) is 137 Å². The highest BCUT2D eigenvalue weighted by molar-refractivity contribution is 5.99. The zero-order valence-electron chi connectivity index (χ0n) is 44.3. The van der Waals surface area contributed by atoms with E-state index in [-0.39, 0.29) is 0 Å². The third-order valence-corrected chi connectivity index (χ3v) is 15.6. The van der Waals surface area contributed by atoms with E-state index in [2.05, 4.69) is 300 Å². The van der Waals surface area contributed by atoms with Crippen LogP contribution in [0.4, 0.5) is 56.9 Å². The van der Waals surface area contributed by atoms with Crippen LogP contribution in [0.25, 0.3) is 22.3 Å². The van der Waals surface area contributed by atoms with E-state index in [1.165, 1.54) is 77.9 Å². The highest BCUT2D eigenvalue weighted by Crippen LogP contribution is 2.65. The van der Waals surface area contributed by atoms with Crippen molar-refractivity contribution >= 4 is 56.9 Å². The first kappa shape index (κ1) is 47.2. The fraction of sp³-hybridized carbons (Fsp3) is 0.127. The van der Waals surface area contributed by atoms with Crippen LogP contribution in [-0.2, 0) is 5.41 Å². The number of fused-ring (bicyclic) bond motifs is 10. The lowest BCUT2D eigenvalue weighted by atomic mass is 9.70. The topological polar surface area (TPSA) is 13.0 Å². The molecule has 0 aromatic heterocycles. The van der Waals surface area contributed by atoms with Gasteiger partial charge in [0.15, 0.2) is 0 Å². The molecule has 10 aromatic carbocycles. The van der Waals surface area contributed by atoms with Crippen molar-refractivity contribution in [1.29, 1.82) is 0 Å². The molecule has 2 aliphatic rings. The van der Waals surface area contributed by atoms with E-state index in [9.17, 15) is 0 Å². The second-order valence-electron chi connectivity index (χ2n) is 21.0. The van der Waals surface area contributed by atoms with Crippen LogP contribution in [0.1, 0.15) is 62.6 Å². The largest absolute Gasteiger partial charge is 0.345 e. The zero-order chi connectivity index (χ0) is 51.7. The van der Waals surface area contributed by atoms with Crippen LogP contribution in [0.3, 0.4) is 0 Å². The van der Waals surface area contributed by atoms with Crippen LogP contribution >= 0.6 is 0 Å². The Morgan fingerprint density at radius 2 is 0.533 bits per heavy atom. The van der Waals surface area contributed by atoms with Crippen molar-refractivity contribution in [3.8, 4) is 22.3 Å². The zero-order valence-corrected chi connectivity index (χ0v) is 44.3. The van der Waals surface area contributed by atoms with Crippen LogP contribution < -0.4 is 19.6 Å². The third-order valence-electron chi connectivity index (χ3n) is 15.6. The number of rotatable bonds is 11. The molecule has 0 radical (unpaired) electrons. The minimum atomic E-state index is -0.770. The van der Waals surface area contributed by atoms with Gasteiger partial charge in [-0.3, -0.25) is 0 Å². The number of hydrogen-bond acceptors (Lipinski definition) is 4. The molecule has 0 atom stereocenters. The summed E-state index contributed by atoms with van der Waals surface area (Å²) in [6.45, 7) is 19.6. The highest BCUT2D eigenvalue weighted by Gasteiger charge is 2.53. The first-order valence-electron chi connectivity index (χ1n) is 26.1. The summed E-state index contributed by atoms with van der Waals surface area (Å²) in [5.74, 6) is 0. The van der Waals surface area contributed by atoms with Gasteiger partial charge < -0.3 is 19.6 Å². The van der Waals surface area contributed by atoms with Gasteiger partial charge in [-0.25, -0.2) is 0 Å². The number of hydrogen-bond donors (Lipinski definition) is 0. The standard InChI is InChI=1S/C71H62N4/c1-46(2)73(54-24-12-48(4)13-25-54)60-35-39-64-63-38-34-59(72(9)53-22-10-47(3)11-23-53)42-67(63)71(68(64)43-60)69-44-61(74(55-26-14-49(5)15-27-55)56-28-16-50(6)17-29-56)36-40-65(69)66-41-37-62(45-70(66)71)75(57-30-18-51(7)19-31-57)58-32-20-52(8)21-33-58/h10-45H,1H2,2-9H3. The highest BCUT2D eigenvalue weighted by atomic mass is 15.2. The van der Waals surface area contributed by atoms with Crippen molar-refractivity contribution in [2.75, 3.05) is 26.6 Å². The normalized spacial score (nSPS) is 12.4. The van der Waals surface area contributed by atoms with Crippen LogP contribution in [-0.4, -0.2) is 7.05 Å². The average Bonchev–Trinajstić information content (AvgIpc) is 4.12. The van der Waals surface area contributed by atoms with Crippen LogP contribution in [0.15, 0.2) is 231 Å². The summed E-state index contributed by atoms with van der Waals surface area (Å²) >= 11 is 0. The molecule has 0 heterocycles. The maximum Gasteiger partial charge on any atom is 0.0728 e. The Balaban J connectivity index is 1.18. The molecule has 0 N–H and O–H groups in total. The molecule has 0 aliphatic heterocycles. The van der Waals surface area contributed by atoms with Gasteiger partial charge in [0.1, 0.15) is 0 Å². The monoisotopic (exact) mass is 970 g/mol. The Hall–Kier alpha value is -8.86. The molecule has 2 aliphatic carbocycles. The molecular weight excluding hydrogens is 909 g/mol. The van der Waals surface area contributed by atoms with Gasteiger partial charge in [0, 0.05) is 69.6 Å². The van der Waals surface area contributed by atoms with Crippen LogP contribution in [0.2, 0.25) is 0 Å². The first-order chi connectivity index (χ1) is 36.3. The van der Waals surface area contributed by atoms with E-state index in [0.29, 0.717) is 0 Å².